The van der Waals surface area contributed by atoms with Crippen molar-refractivity contribution in [2.24, 2.45) is 10.9 Å². The van der Waals surface area contributed by atoms with Crippen molar-refractivity contribution in [3.63, 3.8) is 0 Å². The van der Waals surface area contributed by atoms with Crippen molar-refractivity contribution in [1.82, 2.24) is 10.2 Å². The maximum Gasteiger partial charge on any atom is 0.193 e. The van der Waals surface area contributed by atoms with Gasteiger partial charge in [0.15, 0.2) is 5.96 Å². The van der Waals surface area contributed by atoms with Gasteiger partial charge in [-0.05, 0) is 12.3 Å². The number of ether oxygens (including phenoxy) is 3. The van der Waals surface area contributed by atoms with Gasteiger partial charge in [0.2, 0.25) is 0 Å². The first-order valence-corrected chi connectivity index (χ1v) is 10.4. The molecule has 27 heavy (non-hydrogen) atoms. The molecule has 0 aromatic heterocycles. The number of methoxy groups -OCH3 is 3. The zero-order valence-corrected chi connectivity index (χ0v) is 18.2. The Morgan fingerprint density at radius 3 is 2.41 bits per heavy atom. The largest absolute Gasteiger partial charge is 0.496 e. The fraction of sp³-hybridized carbons (Fsp3) is 0.650. The normalized spacial score (nSPS) is 17.8. The predicted octanol–water partition coefficient (Wildman–Crippen LogP) is 2.90. The summed E-state index contributed by atoms with van der Waals surface area (Å²) < 4.78 is 16.4. The lowest BCUT2D eigenvalue weighted by atomic mass is 10.1. The van der Waals surface area contributed by atoms with Gasteiger partial charge in [-0.2, -0.15) is 11.8 Å². The van der Waals surface area contributed by atoms with Gasteiger partial charge >= 0.3 is 0 Å². The van der Waals surface area contributed by atoms with Crippen LogP contribution in [0.25, 0.3) is 0 Å². The molecule has 1 aromatic carbocycles. The van der Waals surface area contributed by atoms with E-state index in [4.69, 9.17) is 14.2 Å². The van der Waals surface area contributed by atoms with E-state index in [1.165, 1.54) is 0 Å². The Labute approximate surface area is 167 Å². The Morgan fingerprint density at radius 1 is 1.22 bits per heavy atom. The zero-order chi connectivity index (χ0) is 19.8. The molecule has 0 radical (unpaired) electrons. The molecule has 0 amide bonds. The summed E-state index contributed by atoms with van der Waals surface area (Å²) in [6, 6.07) is 3.78. The van der Waals surface area contributed by atoms with Gasteiger partial charge in [0.25, 0.3) is 0 Å². The van der Waals surface area contributed by atoms with Crippen molar-refractivity contribution in [2.75, 3.05) is 53.8 Å². The van der Waals surface area contributed by atoms with Crippen LogP contribution in [0.3, 0.4) is 0 Å². The molecular formula is C20H33N3O3S. The van der Waals surface area contributed by atoms with E-state index in [1.807, 2.05) is 19.2 Å². The first-order valence-electron chi connectivity index (χ1n) is 9.40. The minimum atomic E-state index is 0.652. The van der Waals surface area contributed by atoms with Gasteiger partial charge in [0.1, 0.15) is 17.2 Å². The molecule has 0 saturated carbocycles. The molecule has 1 N–H and O–H groups in total. The monoisotopic (exact) mass is 395 g/mol. The summed E-state index contributed by atoms with van der Waals surface area (Å²) in [6.45, 7) is 7.40. The van der Waals surface area contributed by atoms with Gasteiger partial charge in [-0.3, -0.25) is 4.99 Å². The maximum atomic E-state index is 5.54. The summed E-state index contributed by atoms with van der Waals surface area (Å²) in [6.07, 6.45) is 0.769. The highest BCUT2D eigenvalue weighted by Crippen LogP contribution is 2.34. The van der Waals surface area contributed by atoms with Crippen LogP contribution in [0, 0.1) is 5.92 Å². The summed E-state index contributed by atoms with van der Waals surface area (Å²) in [5, 5.41) is 4.15. The minimum Gasteiger partial charge on any atom is -0.496 e. The van der Waals surface area contributed by atoms with Gasteiger partial charge in [-0.1, -0.05) is 13.8 Å². The fourth-order valence-electron chi connectivity index (χ4n) is 3.23. The highest BCUT2D eigenvalue weighted by Gasteiger charge is 2.25. The molecule has 1 heterocycles. The maximum absolute atomic E-state index is 5.54. The molecule has 1 unspecified atom stereocenters. The number of guanidine groups is 1. The van der Waals surface area contributed by atoms with Crippen molar-refractivity contribution in [2.45, 2.75) is 25.5 Å². The van der Waals surface area contributed by atoms with Crippen molar-refractivity contribution in [3.8, 4) is 17.2 Å². The molecule has 1 atom stereocenters. The van der Waals surface area contributed by atoms with Crippen LogP contribution < -0.4 is 19.5 Å². The number of benzene rings is 1. The quantitative estimate of drug-likeness (QED) is 0.566. The summed E-state index contributed by atoms with van der Waals surface area (Å²) in [5.74, 6) is 5.05. The summed E-state index contributed by atoms with van der Waals surface area (Å²) in [4.78, 5) is 6.85. The van der Waals surface area contributed by atoms with Crippen LogP contribution in [0.5, 0.6) is 17.2 Å². The topological polar surface area (TPSA) is 55.3 Å². The first kappa shape index (κ1) is 21.5. The van der Waals surface area contributed by atoms with E-state index < -0.39 is 0 Å². The van der Waals surface area contributed by atoms with E-state index in [0.29, 0.717) is 11.2 Å². The second-order valence-electron chi connectivity index (χ2n) is 6.83. The lowest BCUT2D eigenvalue weighted by Crippen LogP contribution is -2.49. The van der Waals surface area contributed by atoms with Crippen molar-refractivity contribution in [1.29, 1.82) is 0 Å². The Bertz CT molecular complexity index is 612. The molecule has 0 bridgehead atoms. The Hall–Kier alpha value is -1.76. The average Bonchev–Trinajstić information content (AvgIpc) is 2.70. The SMILES string of the molecule is CN=C(NCCc1c(OC)cc(OC)cc1OC)N1CCSC(C(C)C)C1. The van der Waals surface area contributed by atoms with Crippen LogP contribution >= 0.6 is 11.8 Å². The molecule has 1 aromatic rings. The minimum absolute atomic E-state index is 0.652. The van der Waals surface area contributed by atoms with E-state index >= 15 is 0 Å². The Balaban J connectivity index is 2.02. The lowest BCUT2D eigenvalue weighted by Gasteiger charge is -2.36. The predicted molar refractivity (Wildman–Crippen MR) is 114 cm³/mol. The molecule has 1 aliphatic rings. The lowest BCUT2D eigenvalue weighted by molar-refractivity contribution is 0.367. The summed E-state index contributed by atoms with van der Waals surface area (Å²) in [7, 11) is 6.83. The number of aliphatic imine (C=N–C) groups is 1. The number of nitrogens with zero attached hydrogens (tertiary/aromatic N) is 2. The molecule has 1 saturated heterocycles. The Morgan fingerprint density at radius 2 is 1.89 bits per heavy atom. The van der Waals surface area contributed by atoms with Gasteiger partial charge in [-0.15, -0.1) is 0 Å². The van der Waals surface area contributed by atoms with Crippen molar-refractivity contribution in [3.05, 3.63) is 17.7 Å². The number of hydrogen-bond acceptors (Lipinski definition) is 5. The smallest absolute Gasteiger partial charge is 0.193 e. The van der Waals surface area contributed by atoms with E-state index in [2.05, 4.69) is 40.8 Å². The average molecular weight is 396 g/mol. The first-order chi connectivity index (χ1) is 13.0. The highest BCUT2D eigenvalue weighted by molar-refractivity contribution is 8.00. The van der Waals surface area contributed by atoms with E-state index in [0.717, 1.165) is 60.6 Å². The van der Waals surface area contributed by atoms with Gasteiger partial charge in [0, 0.05) is 55.4 Å². The number of hydrogen-bond donors (Lipinski definition) is 1. The number of thioether (sulfide) groups is 1. The van der Waals surface area contributed by atoms with Crippen molar-refractivity contribution < 1.29 is 14.2 Å². The second kappa shape index (κ2) is 10.5. The van der Waals surface area contributed by atoms with Gasteiger partial charge < -0.3 is 24.4 Å². The molecule has 7 heteroatoms. The van der Waals surface area contributed by atoms with Gasteiger partial charge in [-0.25, -0.2) is 0 Å². The fourth-order valence-corrected chi connectivity index (χ4v) is 4.53. The third kappa shape index (κ3) is 5.61. The molecule has 0 spiro atoms. The summed E-state index contributed by atoms with van der Waals surface area (Å²) >= 11 is 2.07. The summed E-state index contributed by atoms with van der Waals surface area (Å²) in [5.41, 5.74) is 1.03. The van der Waals surface area contributed by atoms with E-state index in [9.17, 15) is 0 Å². The number of nitrogens with one attached hydrogen (secondary N) is 1. The highest BCUT2D eigenvalue weighted by atomic mass is 32.2. The molecular weight excluding hydrogens is 362 g/mol. The van der Waals surface area contributed by atoms with Crippen LogP contribution in [-0.2, 0) is 6.42 Å². The van der Waals surface area contributed by atoms with Crippen LogP contribution in [-0.4, -0.2) is 69.9 Å². The molecule has 152 valence electrons. The molecule has 1 fully saturated rings. The van der Waals surface area contributed by atoms with Crippen LogP contribution in [0.1, 0.15) is 19.4 Å². The molecule has 1 aliphatic heterocycles. The van der Waals surface area contributed by atoms with Crippen molar-refractivity contribution >= 4 is 17.7 Å². The molecule has 2 rings (SSSR count). The van der Waals surface area contributed by atoms with E-state index in [-0.39, 0.29) is 0 Å². The van der Waals surface area contributed by atoms with Crippen LogP contribution in [0.15, 0.2) is 17.1 Å². The molecule has 0 aliphatic carbocycles. The number of rotatable bonds is 7. The molecule has 6 nitrogen and oxygen atoms in total. The third-order valence-corrected chi connectivity index (χ3v) is 6.36. The van der Waals surface area contributed by atoms with Gasteiger partial charge in [0.05, 0.1) is 21.3 Å². The second-order valence-corrected chi connectivity index (χ2v) is 8.18. The third-order valence-electron chi connectivity index (χ3n) is 4.82. The van der Waals surface area contributed by atoms with E-state index in [1.54, 1.807) is 21.3 Å². The Kier molecular flexibility index (Phi) is 8.41. The standard InChI is InChI=1S/C20H33N3O3S/c1-14(2)19-13-23(9-10-27-19)20(21-3)22-8-7-16-17(25-5)11-15(24-4)12-18(16)26-6/h11-12,14,19H,7-10,13H2,1-6H3,(H,21,22). The zero-order valence-electron chi connectivity index (χ0n) is 17.4. The van der Waals surface area contributed by atoms with Crippen LogP contribution in [0.4, 0.5) is 0 Å². The van der Waals surface area contributed by atoms with Crippen LogP contribution in [0.2, 0.25) is 0 Å².